The average molecular weight is 343 g/mol. The third-order valence-corrected chi connectivity index (χ3v) is 4.14. The van der Waals surface area contributed by atoms with Crippen LogP contribution >= 0.6 is 11.8 Å². The van der Waals surface area contributed by atoms with Crippen LogP contribution in [0.1, 0.15) is 12.8 Å². The number of nitrogens with zero attached hydrogens (tertiary/aromatic N) is 1. The van der Waals surface area contributed by atoms with Gasteiger partial charge in [0.1, 0.15) is 11.2 Å². The largest absolute Gasteiger partial charge is 0.478 e. The van der Waals surface area contributed by atoms with Crippen molar-refractivity contribution in [2.75, 3.05) is 5.32 Å². The minimum atomic E-state index is -0.545. The lowest BCUT2D eigenvalue weighted by Crippen LogP contribution is -2.08. The maximum atomic E-state index is 10.9. The molecule has 2 aromatic carbocycles. The van der Waals surface area contributed by atoms with Crippen molar-refractivity contribution in [3.63, 3.8) is 0 Å². The Morgan fingerprint density at radius 3 is 2.71 bits per heavy atom. The number of anilines is 2. The Balaban J connectivity index is 1.63. The zero-order valence-electron chi connectivity index (χ0n) is 13.1. The van der Waals surface area contributed by atoms with Crippen molar-refractivity contribution < 1.29 is 9.15 Å². The van der Waals surface area contributed by atoms with Crippen LogP contribution in [0.3, 0.4) is 0 Å². The van der Waals surface area contributed by atoms with E-state index in [9.17, 15) is 4.79 Å². The van der Waals surface area contributed by atoms with Crippen molar-refractivity contribution >= 4 is 23.1 Å². The van der Waals surface area contributed by atoms with Crippen LogP contribution in [0.4, 0.5) is 11.4 Å². The van der Waals surface area contributed by atoms with E-state index in [1.54, 1.807) is 0 Å². The summed E-state index contributed by atoms with van der Waals surface area (Å²) < 4.78 is 10.9. The van der Waals surface area contributed by atoms with E-state index in [1.807, 2.05) is 61.5 Å². The monoisotopic (exact) mass is 343 g/mol. The number of benzene rings is 2. The summed E-state index contributed by atoms with van der Waals surface area (Å²) in [5.74, 6) is 1.02. The lowest BCUT2D eigenvalue weighted by molar-refractivity contribution is 0.309. The Morgan fingerprint density at radius 2 is 1.96 bits per heavy atom. The van der Waals surface area contributed by atoms with Gasteiger partial charge in [-0.2, -0.15) is 0 Å². The van der Waals surface area contributed by atoms with Crippen LogP contribution in [0.15, 0.2) is 63.8 Å². The predicted molar refractivity (Wildman–Crippen MR) is 94.7 cm³/mol. The Kier molecular flexibility index (Phi) is 5.22. The fourth-order valence-corrected chi connectivity index (χ4v) is 2.75. The molecule has 0 saturated heterocycles. The van der Waals surface area contributed by atoms with Crippen LogP contribution in [-0.2, 0) is 5.75 Å². The fourth-order valence-electron chi connectivity index (χ4n) is 2.07. The number of aromatic nitrogens is 2. The van der Waals surface area contributed by atoms with Crippen LogP contribution in [0.5, 0.6) is 5.75 Å². The average Bonchev–Trinajstić information content (AvgIpc) is 3.01. The maximum absolute atomic E-state index is 10.9. The lowest BCUT2D eigenvalue weighted by Gasteiger charge is -2.17. The van der Waals surface area contributed by atoms with E-state index >= 15 is 0 Å². The van der Waals surface area contributed by atoms with Gasteiger partial charge < -0.3 is 14.5 Å². The molecule has 24 heavy (non-hydrogen) atoms. The molecule has 0 radical (unpaired) electrons. The van der Waals surface area contributed by atoms with E-state index in [2.05, 4.69) is 15.5 Å². The second kappa shape index (κ2) is 7.74. The molecule has 6 nitrogen and oxygen atoms in total. The predicted octanol–water partition coefficient (Wildman–Crippen LogP) is 3.76. The standard InChI is InChI=1S/C17H17N3O3S/c1-12(24-11-16-19-20-17(21)23-16)22-15-10-6-5-9-14(15)18-13-7-3-2-4-8-13/h2-10,12,18H,11H2,1H3,(H,20,21). The second-order valence-corrected chi connectivity index (χ2v) is 6.28. The number of H-pyrrole nitrogens is 1. The van der Waals surface area contributed by atoms with Crippen LogP contribution in [0.2, 0.25) is 0 Å². The highest BCUT2D eigenvalue weighted by Gasteiger charge is 2.11. The van der Waals surface area contributed by atoms with Gasteiger partial charge in [0, 0.05) is 5.69 Å². The van der Waals surface area contributed by atoms with E-state index in [0.717, 1.165) is 17.1 Å². The Labute approximate surface area is 143 Å². The first-order valence-corrected chi connectivity index (χ1v) is 8.49. The summed E-state index contributed by atoms with van der Waals surface area (Å²) in [6.07, 6.45) is 0. The number of aromatic amines is 1. The SMILES string of the molecule is CC(Oc1ccccc1Nc1ccccc1)SCc1n[nH]c(=O)o1. The number of ether oxygens (including phenoxy) is 1. The number of thioether (sulfide) groups is 1. The zero-order chi connectivity index (χ0) is 16.8. The number of rotatable bonds is 7. The molecule has 124 valence electrons. The molecule has 3 rings (SSSR count). The molecular weight excluding hydrogens is 326 g/mol. The maximum Gasteiger partial charge on any atom is 0.434 e. The summed E-state index contributed by atoms with van der Waals surface area (Å²) in [6, 6.07) is 17.7. The van der Waals surface area contributed by atoms with Crippen molar-refractivity contribution in [1.82, 2.24) is 10.2 Å². The van der Waals surface area contributed by atoms with Crippen molar-refractivity contribution in [2.24, 2.45) is 0 Å². The highest BCUT2D eigenvalue weighted by molar-refractivity contribution is 7.98. The Morgan fingerprint density at radius 1 is 1.21 bits per heavy atom. The Hall–Kier alpha value is -2.67. The first-order chi connectivity index (χ1) is 11.7. The first-order valence-electron chi connectivity index (χ1n) is 7.44. The molecule has 0 aliphatic carbocycles. The number of para-hydroxylation sites is 3. The number of hydrogen-bond acceptors (Lipinski definition) is 6. The molecule has 1 unspecified atom stereocenters. The summed E-state index contributed by atoms with van der Waals surface area (Å²) >= 11 is 1.49. The minimum absolute atomic E-state index is 0.134. The van der Waals surface area contributed by atoms with Crippen LogP contribution in [-0.4, -0.2) is 15.6 Å². The molecule has 0 aliphatic rings. The minimum Gasteiger partial charge on any atom is -0.478 e. The molecule has 0 saturated carbocycles. The summed E-state index contributed by atoms with van der Waals surface area (Å²) in [4.78, 5) is 10.9. The molecule has 2 N–H and O–H groups in total. The topological polar surface area (TPSA) is 80.1 Å². The van der Waals surface area contributed by atoms with Crippen molar-refractivity contribution in [3.8, 4) is 5.75 Å². The first kappa shape index (κ1) is 16.2. The molecule has 7 heteroatoms. The molecule has 1 heterocycles. The third-order valence-electron chi connectivity index (χ3n) is 3.16. The van der Waals surface area contributed by atoms with Crippen molar-refractivity contribution in [2.45, 2.75) is 18.1 Å². The van der Waals surface area contributed by atoms with Crippen LogP contribution < -0.4 is 15.8 Å². The molecule has 0 amide bonds. The molecular formula is C17H17N3O3S. The highest BCUT2D eigenvalue weighted by atomic mass is 32.2. The summed E-state index contributed by atoms with van der Waals surface area (Å²) in [7, 11) is 0. The number of hydrogen-bond donors (Lipinski definition) is 2. The van der Waals surface area contributed by atoms with E-state index in [1.165, 1.54) is 11.8 Å². The molecule has 1 atom stereocenters. The zero-order valence-corrected chi connectivity index (χ0v) is 13.9. The normalized spacial score (nSPS) is 11.9. The van der Waals surface area contributed by atoms with Gasteiger partial charge in [0.25, 0.3) is 0 Å². The van der Waals surface area contributed by atoms with Crippen LogP contribution in [0, 0.1) is 0 Å². The number of nitrogens with one attached hydrogen (secondary N) is 2. The van der Waals surface area contributed by atoms with Gasteiger partial charge >= 0.3 is 5.76 Å². The second-order valence-electron chi connectivity index (χ2n) is 4.99. The van der Waals surface area contributed by atoms with Gasteiger partial charge in [-0.25, -0.2) is 9.89 Å². The van der Waals surface area contributed by atoms with Gasteiger partial charge in [-0.1, -0.05) is 30.3 Å². The fraction of sp³-hybridized carbons (Fsp3) is 0.176. The molecule has 0 bridgehead atoms. The molecule has 0 spiro atoms. The summed E-state index contributed by atoms with van der Waals surface area (Å²) in [5.41, 5.74) is 1.75. The van der Waals surface area contributed by atoms with Gasteiger partial charge in [0.2, 0.25) is 5.89 Å². The van der Waals surface area contributed by atoms with E-state index < -0.39 is 5.76 Å². The Bertz CT molecular complexity index is 832. The van der Waals surface area contributed by atoms with Gasteiger partial charge in [0.15, 0.2) is 0 Å². The quantitative estimate of drug-likeness (QED) is 0.636. The molecule has 3 aromatic rings. The van der Waals surface area contributed by atoms with E-state index in [4.69, 9.17) is 9.15 Å². The highest BCUT2D eigenvalue weighted by Crippen LogP contribution is 2.30. The van der Waals surface area contributed by atoms with Gasteiger partial charge in [-0.05, 0) is 31.2 Å². The van der Waals surface area contributed by atoms with E-state index in [-0.39, 0.29) is 5.44 Å². The molecule has 1 aromatic heterocycles. The van der Waals surface area contributed by atoms with Gasteiger partial charge in [-0.3, -0.25) is 0 Å². The van der Waals surface area contributed by atoms with Crippen LogP contribution in [0.25, 0.3) is 0 Å². The summed E-state index contributed by atoms with van der Waals surface area (Å²) in [5, 5.41) is 9.36. The third kappa shape index (κ3) is 4.42. The smallest absolute Gasteiger partial charge is 0.434 e. The van der Waals surface area contributed by atoms with E-state index in [0.29, 0.717) is 11.6 Å². The molecule has 0 fully saturated rings. The van der Waals surface area contributed by atoms with Gasteiger partial charge in [0.05, 0.1) is 11.4 Å². The van der Waals surface area contributed by atoms with Crippen molar-refractivity contribution in [1.29, 1.82) is 0 Å². The molecule has 0 aliphatic heterocycles. The summed E-state index contributed by atoms with van der Waals surface area (Å²) in [6.45, 7) is 1.94. The lowest BCUT2D eigenvalue weighted by atomic mass is 10.2. The van der Waals surface area contributed by atoms with Gasteiger partial charge in [-0.15, -0.1) is 16.9 Å². The van der Waals surface area contributed by atoms with Crippen molar-refractivity contribution in [3.05, 3.63) is 71.0 Å².